The van der Waals surface area contributed by atoms with Crippen LogP contribution in [0.25, 0.3) is 0 Å². The molecule has 1 N–H and O–H groups in total. The minimum atomic E-state index is -0.344. The summed E-state index contributed by atoms with van der Waals surface area (Å²) in [7, 11) is 0. The Kier molecular flexibility index (Phi) is 2.67. The number of H-pyrrole nitrogens is 1. The van der Waals surface area contributed by atoms with Gasteiger partial charge in [-0.3, -0.25) is 5.10 Å². The van der Waals surface area contributed by atoms with Crippen LogP contribution in [0, 0.1) is 0 Å². The molecule has 0 spiro atoms. The maximum Gasteiger partial charge on any atom is 0.342 e. The molecule has 4 nitrogen and oxygen atoms in total. The Bertz CT molecular complexity index is 209. The summed E-state index contributed by atoms with van der Waals surface area (Å²) in [5.74, 6) is -0.344. The fraction of sp³-hybridized carbons (Fsp3) is 0.200. The molecule has 0 unspecified atom stereocenters. The van der Waals surface area contributed by atoms with E-state index >= 15 is 0 Å². The van der Waals surface area contributed by atoms with Crippen LogP contribution in [-0.2, 0) is 4.74 Å². The van der Waals surface area contributed by atoms with Gasteiger partial charge in [-0.2, -0.15) is 5.10 Å². The first kappa shape index (κ1) is 7.52. The number of rotatable bonds is 2. The Morgan fingerprint density at radius 3 is 3.20 bits per heavy atom. The van der Waals surface area contributed by atoms with Gasteiger partial charge < -0.3 is 4.74 Å². The summed E-state index contributed by atoms with van der Waals surface area (Å²) in [6, 6.07) is 0. The van der Waals surface area contributed by atoms with Gasteiger partial charge in [0, 0.05) is 6.20 Å². The van der Waals surface area contributed by atoms with E-state index in [-0.39, 0.29) is 5.97 Å². The lowest BCUT2D eigenvalue weighted by atomic mass is 10.4. The van der Waals surface area contributed by atoms with Crippen molar-refractivity contribution in [2.75, 3.05) is 4.61 Å². The number of ether oxygens (including phenoxy) is 1. The lowest BCUT2D eigenvalue weighted by Crippen LogP contribution is -2.01. The fourth-order valence-corrected chi connectivity index (χ4v) is 0.778. The lowest BCUT2D eigenvalue weighted by molar-refractivity contribution is 0.0590. The predicted octanol–water partition coefficient (Wildman–Crippen LogP) is 0.959. The van der Waals surface area contributed by atoms with Crippen LogP contribution >= 0.6 is 22.6 Å². The molecule has 10 heavy (non-hydrogen) atoms. The first-order chi connectivity index (χ1) is 4.84. The van der Waals surface area contributed by atoms with Crippen molar-refractivity contribution in [1.29, 1.82) is 0 Å². The van der Waals surface area contributed by atoms with E-state index in [9.17, 15) is 4.79 Å². The van der Waals surface area contributed by atoms with Gasteiger partial charge in [0.25, 0.3) is 0 Å². The standard InChI is InChI=1S/C5H5IN2O2/c6-3-10-5(9)4-1-7-8-2-4/h1-2H,3H2,(H,7,8). The van der Waals surface area contributed by atoms with Gasteiger partial charge in [0.2, 0.25) is 0 Å². The summed E-state index contributed by atoms with van der Waals surface area (Å²) < 4.78 is 5.04. The fourth-order valence-electron chi connectivity index (χ4n) is 0.495. The number of nitrogens with one attached hydrogen (secondary N) is 1. The quantitative estimate of drug-likeness (QED) is 0.484. The summed E-state index contributed by atoms with van der Waals surface area (Å²) in [5, 5.41) is 6.11. The largest absolute Gasteiger partial charge is 0.451 e. The number of hydrogen-bond acceptors (Lipinski definition) is 3. The normalized spacial score (nSPS) is 9.30. The van der Waals surface area contributed by atoms with E-state index in [2.05, 4.69) is 14.9 Å². The maximum absolute atomic E-state index is 10.8. The first-order valence-corrected chi connectivity index (χ1v) is 4.09. The van der Waals surface area contributed by atoms with Crippen molar-refractivity contribution >= 4 is 28.6 Å². The van der Waals surface area contributed by atoms with Crippen molar-refractivity contribution in [1.82, 2.24) is 10.2 Å². The average molecular weight is 252 g/mol. The van der Waals surface area contributed by atoms with Gasteiger partial charge in [0.1, 0.15) is 4.61 Å². The average Bonchev–Trinajstić information content (AvgIpc) is 2.38. The van der Waals surface area contributed by atoms with Crippen LogP contribution in [0.1, 0.15) is 10.4 Å². The molecule has 1 aromatic heterocycles. The second-order valence-corrected chi connectivity index (χ2v) is 2.15. The zero-order chi connectivity index (χ0) is 7.40. The monoisotopic (exact) mass is 252 g/mol. The molecular formula is C5H5IN2O2. The smallest absolute Gasteiger partial charge is 0.342 e. The van der Waals surface area contributed by atoms with Crippen LogP contribution in [-0.4, -0.2) is 20.8 Å². The predicted molar refractivity (Wildman–Crippen MR) is 42.9 cm³/mol. The van der Waals surface area contributed by atoms with Gasteiger partial charge in [-0.1, -0.05) is 0 Å². The van der Waals surface area contributed by atoms with Gasteiger partial charge in [-0.15, -0.1) is 0 Å². The molecule has 0 bridgehead atoms. The van der Waals surface area contributed by atoms with E-state index in [4.69, 9.17) is 0 Å². The topological polar surface area (TPSA) is 55.0 Å². The van der Waals surface area contributed by atoms with Gasteiger partial charge in [0.15, 0.2) is 0 Å². The van der Waals surface area contributed by atoms with Crippen molar-refractivity contribution in [2.45, 2.75) is 0 Å². The zero-order valence-corrected chi connectivity index (χ0v) is 7.16. The Balaban J connectivity index is 2.59. The molecular weight excluding hydrogens is 247 g/mol. The van der Waals surface area contributed by atoms with Crippen molar-refractivity contribution in [3.05, 3.63) is 18.0 Å². The zero-order valence-electron chi connectivity index (χ0n) is 5.00. The third-order valence-electron chi connectivity index (χ3n) is 0.920. The van der Waals surface area contributed by atoms with Gasteiger partial charge >= 0.3 is 5.97 Å². The van der Waals surface area contributed by atoms with E-state index in [1.54, 1.807) is 0 Å². The van der Waals surface area contributed by atoms with Gasteiger partial charge in [-0.05, 0) is 22.6 Å². The molecule has 1 heterocycles. The molecule has 0 atom stereocenters. The molecule has 0 saturated heterocycles. The molecule has 1 aromatic rings. The van der Waals surface area contributed by atoms with Crippen molar-refractivity contribution < 1.29 is 9.53 Å². The molecule has 0 aromatic carbocycles. The second kappa shape index (κ2) is 3.55. The summed E-state index contributed by atoms with van der Waals surface area (Å²) in [6.07, 6.45) is 2.92. The Morgan fingerprint density at radius 1 is 1.90 bits per heavy atom. The van der Waals surface area contributed by atoms with E-state index in [1.807, 2.05) is 22.6 Å². The number of carbonyl (C=O) groups is 1. The lowest BCUT2D eigenvalue weighted by Gasteiger charge is -1.94. The Labute approximate surface area is 71.1 Å². The molecule has 0 saturated carbocycles. The SMILES string of the molecule is O=C(OCI)c1cn[nH]c1. The van der Waals surface area contributed by atoms with Crippen LogP contribution in [0.2, 0.25) is 0 Å². The summed E-state index contributed by atoms with van der Waals surface area (Å²) >= 11 is 1.95. The maximum atomic E-state index is 10.8. The van der Waals surface area contributed by atoms with E-state index in [1.165, 1.54) is 12.4 Å². The molecule has 5 heteroatoms. The minimum Gasteiger partial charge on any atom is -0.451 e. The Morgan fingerprint density at radius 2 is 2.70 bits per heavy atom. The number of aromatic nitrogens is 2. The molecule has 0 aliphatic carbocycles. The highest BCUT2D eigenvalue weighted by Gasteiger charge is 2.05. The highest BCUT2D eigenvalue weighted by molar-refractivity contribution is 14.1. The molecule has 0 amide bonds. The minimum absolute atomic E-state index is 0.344. The van der Waals surface area contributed by atoms with E-state index in [0.717, 1.165) is 0 Å². The third-order valence-corrected chi connectivity index (χ3v) is 1.23. The third kappa shape index (κ3) is 1.69. The first-order valence-electron chi connectivity index (χ1n) is 2.56. The second-order valence-electron chi connectivity index (χ2n) is 1.53. The number of carbonyl (C=O) groups excluding carboxylic acids is 1. The highest BCUT2D eigenvalue weighted by Crippen LogP contribution is 1.98. The van der Waals surface area contributed by atoms with Crippen LogP contribution < -0.4 is 0 Å². The number of hydrogen-bond donors (Lipinski definition) is 1. The molecule has 0 aliphatic heterocycles. The summed E-state index contributed by atoms with van der Waals surface area (Å²) in [6.45, 7) is 0. The highest BCUT2D eigenvalue weighted by atomic mass is 127. The van der Waals surface area contributed by atoms with Crippen LogP contribution in [0.3, 0.4) is 0 Å². The van der Waals surface area contributed by atoms with Crippen LogP contribution in [0.5, 0.6) is 0 Å². The number of alkyl halides is 1. The molecule has 0 aliphatic rings. The summed E-state index contributed by atoms with van der Waals surface area (Å²) in [4.78, 5) is 10.8. The summed E-state index contributed by atoms with van der Waals surface area (Å²) in [5.41, 5.74) is 0.455. The Hall–Kier alpha value is -0.590. The molecule has 0 fully saturated rings. The molecule has 54 valence electrons. The number of halogens is 1. The van der Waals surface area contributed by atoms with Crippen LogP contribution in [0.4, 0.5) is 0 Å². The molecule has 0 radical (unpaired) electrons. The van der Waals surface area contributed by atoms with Gasteiger partial charge in [-0.25, -0.2) is 4.79 Å². The van der Waals surface area contributed by atoms with E-state index in [0.29, 0.717) is 10.2 Å². The van der Waals surface area contributed by atoms with Crippen LogP contribution in [0.15, 0.2) is 12.4 Å². The number of nitrogens with zero attached hydrogens (tertiary/aromatic N) is 1. The van der Waals surface area contributed by atoms with Crippen molar-refractivity contribution in [3.63, 3.8) is 0 Å². The van der Waals surface area contributed by atoms with Crippen molar-refractivity contribution in [3.8, 4) is 0 Å². The number of esters is 1. The molecule has 1 rings (SSSR count). The van der Waals surface area contributed by atoms with Gasteiger partial charge in [0.05, 0.1) is 11.8 Å². The van der Waals surface area contributed by atoms with Crippen molar-refractivity contribution in [2.24, 2.45) is 0 Å². The number of aromatic amines is 1. The van der Waals surface area contributed by atoms with E-state index < -0.39 is 0 Å².